The van der Waals surface area contributed by atoms with Crippen LogP contribution in [-0.2, 0) is 11.2 Å². The van der Waals surface area contributed by atoms with Crippen LogP contribution < -0.4 is 0 Å². The van der Waals surface area contributed by atoms with E-state index < -0.39 is 0 Å². The first-order valence-electron chi connectivity index (χ1n) is 7.69. The summed E-state index contributed by atoms with van der Waals surface area (Å²) in [5, 5.41) is 3.84. The van der Waals surface area contributed by atoms with Crippen LogP contribution in [0.25, 0.3) is 0 Å². The fourth-order valence-corrected chi connectivity index (χ4v) is 2.84. The number of amides is 1. The molecule has 1 aliphatic heterocycles. The zero-order chi connectivity index (χ0) is 15.4. The lowest BCUT2D eigenvalue weighted by Gasteiger charge is -2.31. The molecule has 0 aromatic carbocycles. The molecule has 0 radical (unpaired) electrons. The van der Waals surface area contributed by atoms with E-state index in [1.165, 1.54) is 0 Å². The van der Waals surface area contributed by atoms with E-state index >= 15 is 0 Å². The van der Waals surface area contributed by atoms with Gasteiger partial charge in [0, 0.05) is 31.9 Å². The predicted octanol–water partition coefficient (Wildman–Crippen LogP) is 2.11. The van der Waals surface area contributed by atoms with Gasteiger partial charge in [0.25, 0.3) is 0 Å². The molecule has 2 aromatic heterocycles. The Labute approximate surface area is 129 Å². The molecular formula is C16H20N4O2. The van der Waals surface area contributed by atoms with Crippen molar-refractivity contribution in [2.45, 2.75) is 38.5 Å². The lowest BCUT2D eigenvalue weighted by molar-refractivity contribution is -0.132. The van der Waals surface area contributed by atoms with Gasteiger partial charge in [-0.3, -0.25) is 9.78 Å². The third kappa shape index (κ3) is 3.50. The van der Waals surface area contributed by atoms with E-state index in [1.807, 2.05) is 24.0 Å². The SMILES string of the molecule is Cc1noc([C@H]2CCCN(C(=O)CCc3ccncc3)C2)n1. The first kappa shape index (κ1) is 14.7. The number of aryl methyl sites for hydroxylation is 2. The number of aromatic nitrogens is 3. The van der Waals surface area contributed by atoms with Gasteiger partial charge < -0.3 is 9.42 Å². The Kier molecular flexibility index (Phi) is 4.46. The van der Waals surface area contributed by atoms with Crippen LogP contribution in [0.2, 0.25) is 0 Å². The van der Waals surface area contributed by atoms with Crippen molar-refractivity contribution in [2.24, 2.45) is 0 Å². The van der Waals surface area contributed by atoms with E-state index in [0.29, 0.717) is 24.7 Å². The lowest BCUT2D eigenvalue weighted by atomic mass is 9.97. The molecule has 1 saturated heterocycles. The van der Waals surface area contributed by atoms with E-state index in [0.717, 1.165) is 31.4 Å². The maximum absolute atomic E-state index is 12.4. The fraction of sp³-hybridized carbons (Fsp3) is 0.500. The Bertz CT molecular complexity index is 626. The van der Waals surface area contributed by atoms with Crippen LogP contribution >= 0.6 is 0 Å². The zero-order valence-electron chi connectivity index (χ0n) is 12.7. The summed E-state index contributed by atoms with van der Waals surface area (Å²) in [6.45, 7) is 3.31. The summed E-state index contributed by atoms with van der Waals surface area (Å²) < 4.78 is 5.26. The van der Waals surface area contributed by atoms with Crippen molar-refractivity contribution in [2.75, 3.05) is 13.1 Å². The fourth-order valence-electron chi connectivity index (χ4n) is 2.84. The Hall–Kier alpha value is -2.24. The number of carbonyl (C=O) groups is 1. The number of pyridine rings is 1. The van der Waals surface area contributed by atoms with Gasteiger partial charge in [0.1, 0.15) is 0 Å². The highest BCUT2D eigenvalue weighted by Crippen LogP contribution is 2.26. The van der Waals surface area contributed by atoms with Crippen LogP contribution in [0, 0.1) is 6.92 Å². The van der Waals surface area contributed by atoms with Crippen molar-refractivity contribution in [1.29, 1.82) is 0 Å². The van der Waals surface area contributed by atoms with E-state index in [9.17, 15) is 4.79 Å². The third-order valence-corrected chi connectivity index (χ3v) is 4.04. The Balaban J connectivity index is 1.56. The summed E-state index contributed by atoms with van der Waals surface area (Å²) >= 11 is 0. The molecule has 0 spiro atoms. The van der Waals surface area contributed by atoms with Gasteiger partial charge in [0.05, 0.1) is 5.92 Å². The molecule has 6 nitrogen and oxygen atoms in total. The zero-order valence-corrected chi connectivity index (χ0v) is 12.7. The molecule has 0 N–H and O–H groups in total. The number of piperidine rings is 1. The van der Waals surface area contributed by atoms with Crippen molar-refractivity contribution in [1.82, 2.24) is 20.0 Å². The highest BCUT2D eigenvalue weighted by atomic mass is 16.5. The number of carbonyl (C=O) groups excluding carboxylic acids is 1. The first-order valence-corrected chi connectivity index (χ1v) is 7.69. The minimum absolute atomic E-state index is 0.167. The minimum atomic E-state index is 0.167. The summed E-state index contributed by atoms with van der Waals surface area (Å²) in [6.07, 6.45) is 6.77. The summed E-state index contributed by atoms with van der Waals surface area (Å²) in [5.41, 5.74) is 1.14. The maximum Gasteiger partial charge on any atom is 0.231 e. The molecule has 116 valence electrons. The number of hydrogen-bond acceptors (Lipinski definition) is 5. The van der Waals surface area contributed by atoms with Gasteiger partial charge in [-0.15, -0.1) is 0 Å². The molecule has 0 unspecified atom stereocenters. The molecule has 2 aromatic rings. The Morgan fingerprint density at radius 2 is 2.23 bits per heavy atom. The number of hydrogen-bond donors (Lipinski definition) is 0. The average molecular weight is 300 g/mol. The minimum Gasteiger partial charge on any atom is -0.342 e. The predicted molar refractivity (Wildman–Crippen MR) is 80.1 cm³/mol. The second kappa shape index (κ2) is 6.68. The van der Waals surface area contributed by atoms with Crippen molar-refractivity contribution < 1.29 is 9.32 Å². The van der Waals surface area contributed by atoms with Crippen LogP contribution in [0.5, 0.6) is 0 Å². The summed E-state index contributed by atoms with van der Waals surface area (Å²) in [7, 11) is 0. The van der Waals surface area contributed by atoms with Crippen molar-refractivity contribution in [3.63, 3.8) is 0 Å². The monoisotopic (exact) mass is 300 g/mol. The number of rotatable bonds is 4. The van der Waals surface area contributed by atoms with Gasteiger partial charge in [-0.1, -0.05) is 5.16 Å². The maximum atomic E-state index is 12.4. The van der Waals surface area contributed by atoms with Crippen molar-refractivity contribution in [3.05, 3.63) is 41.8 Å². The van der Waals surface area contributed by atoms with Gasteiger partial charge in [-0.25, -0.2) is 0 Å². The van der Waals surface area contributed by atoms with E-state index in [2.05, 4.69) is 15.1 Å². The summed E-state index contributed by atoms with van der Waals surface area (Å²) in [4.78, 5) is 22.6. The van der Waals surface area contributed by atoms with Gasteiger partial charge in [-0.05, 0) is 43.9 Å². The van der Waals surface area contributed by atoms with Gasteiger partial charge >= 0.3 is 0 Å². The first-order chi connectivity index (χ1) is 10.7. The Morgan fingerprint density at radius 1 is 1.41 bits per heavy atom. The molecule has 1 fully saturated rings. The lowest BCUT2D eigenvalue weighted by Crippen LogP contribution is -2.39. The molecule has 0 bridgehead atoms. The molecular weight excluding hydrogens is 280 g/mol. The van der Waals surface area contributed by atoms with Crippen molar-refractivity contribution >= 4 is 5.91 Å². The van der Waals surface area contributed by atoms with E-state index in [1.54, 1.807) is 12.4 Å². The molecule has 0 saturated carbocycles. The molecule has 3 rings (SSSR count). The van der Waals surface area contributed by atoms with E-state index in [4.69, 9.17) is 4.52 Å². The smallest absolute Gasteiger partial charge is 0.231 e. The molecule has 1 atom stereocenters. The molecule has 1 amide bonds. The van der Waals surface area contributed by atoms with Crippen LogP contribution in [-0.4, -0.2) is 39.0 Å². The largest absolute Gasteiger partial charge is 0.342 e. The number of nitrogens with zero attached hydrogens (tertiary/aromatic N) is 4. The summed E-state index contributed by atoms with van der Waals surface area (Å²) in [5.74, 6) is 1.66. The van der Waals surface area contributed by atoms with E-state index in [-0.39, 0.29) is 11.8 Å². The third-order valence-electron chi connectivity index (χ3n) is 4.04. The average Bonchev–Trinajstić information content (AvgIpc) is 3.00. The number of likely N-dealkylation sites (tertiary alicyclic amines) is 1. The van der Waals surface area contributed by atoms with Crippen LogP contribution in [0.4, 0.5) is 0 Å². The van der Waals surface area contributed by atoms with Crippen molar-refractivity contribution in [3.8, 4) is 0 Å². The highest BCUT2D eigenvalue weighted by molar-refractivity contribution is 5.76. The van der Waals surface area contributed by atoms with Gasteiger partial charge in [0.15, 0.2) is 5.82 Å². The van der Waals surface area contributed by atoms with Gasteiger partial charge in [0.2, 0.25) is 11.8 Å². The van der Waals surface area contributed by atoms with Gasteiger partial charge in [-0.2, -0.15) is 4.98 Å². The second-order valence-electron chi connectivity index (χ2n) is 5.71. The molecule has 0 aliphatic carbocycles. The quantitative estimate of drug-likeness (QED) is 0.864. The standard InChI is InChI=1S/C16H20N4O2/c1-12-18-16(22-19-12)14-3-2-10-20(11-14)15(21)5-4-13-6-8-17-9-7-13/h6-9,14H,2-5,10-11H2,1H3/t14-/m0/s1. The summed E-state index contributed by atoms with van der Waals surface area (Å²) in [6, 6.07) is 3.90. The molecule has 22 heavy (non-hydrogen) atoms. The van der Waals surface area contributed by atoms with Crippen LogP contribution in [0.1, 0.15) is 42.5 Å². The van der Waals surface area contributed by atoms with Crippen LogP contribution in [0.15, 0.2) is 29.0 Å². The molecule has 1 aliphatic rings. The topological polar surface area (TPSA) is 72.1 Å². The Morgan fingerprint density at radius 3 is 2.95 bits per heavy atom. The molecule has 6 heteroatoms. The normalized spacial score (nSPS) is 18.4. The second-order valence-corrected chi connectivity index (χ2v) is 5.71. The highest BCUT2D eigenvalue weighted by Gasteiger charge is 2.27. The van der Waals surface area contributed by atoms with Crippen LogP contribution in [0.3, 0.4) is 0 Å². The molecule has 3 heterocycles.